The van der Waals surface area contributed by atoms with Crippen LogP contribution in [-0.2, 0) is 14.3 Å². The lowest BCUT2D eigenvalue weighted by atomic mass is 10.0. The Morgan fingerprint density at radius 3 is 2.58 bits per heavy atom. The second-order valence-corrected chi connectivity index (χ2v) is 10.0. The molecule has 0 aromatic carbocycles. The first-order chi connectivity index (χ1) is 15.0. The van der Waals surface area contributed by atoms with Crippen LogP contribution in [-0.4, -0.2) is 122 Å². The van der Waals surface area contributed by atoms with E-state index in [9.17, 15) is 9.59 Å². The smallest absolute Gasteiger partial charge is 0.239 e. The number of likely N-dealkylation sites (N-methyl/N-ethyl adjacent to an activating group) is 1. The summed E-state index contributed by atoms with van der Waals surface area (Å²) in [4.78, 5) is 35.3. The van der Waals surface area contributed by atoms with Gasteiger partial charge >= 0.3 is 0 Å². The van der Waals surface area contributed by atoms with Gasteiger partial charge in [0.2, 0.25) is 11.8 Å². The number of methoxy groups -OCH3 is 1. The first-order valence-electron chi connectivity index (χ1n) is 12.2. The summed E-state index contributed by atoms with van der Waals surface area (Å²) in [7, 11) is 6.05. The lowest BCUT2D eigenvalue weighted by Gasteiger charge is -2.39. The summed E-state index contributed by atoms with van der Waals surface area (Å²) in [5.41, 5.74) is 0. The van der Waals surface area contributed by atoms with Gasteiger partial charge < -0.3 is 19.9 Å². The van der Waals surface area contributed by atoms with Crippen molar-refractivity contribution in [3.05, 3.63) is 0 Å². The van der Waals surface area contributed by atoms with Crippen LogP contribution in [0.15, 0.2) is 0 Å². The second-order valence-electron chi connectivity index (χ2n) is 10.0. The Kier molecular flexibility index (Phi) is 7.52. The van der Waals surface area contributed by atoms with Gasteiger partial charge in [0, 0.05) is 51.3 Å². The molecule has 4 aliphatic heterocycles. The third-order valence-corrected chi connectivity index (χ3v) is 8.19. The Morgan fingerprint density at radius 1 is 1.06 bits per heavy atom. The molecule has 0 bridgehead atoms. The van der Waals surface area contributed by atoms with Gasteiger partial charge in [0.15, 0.2) is 0 Å². The molecule has 4 fully saturated rings. The fraction of sp³-hybridized carbons (Fsp3) is 0.913. The molecule has 4 unspecified atom stereocenters. The van der Waals surface area contributed by atoms with Gasteiger partial charge in [0.25, 0.3) is 0 Å². The van der Waals surface area contributed by atoms with Crippen LogP contribution in [0, 0.1) is 0 Å². The molecule has 0 aromatic rings. The first kappa shape index (κ1) is 23.0. The molecular weight excluding hydrogens is 394 g/mol. The van der Waals surface area contributed by atoms with E-state index in [1.54, 1.807) is 7.11 Å². The first-order valence-corrected chi connectivity index (χ1v) is 12.2. The number of hydrogen-bond donors (Lipinski definition) is 1. The molecule has 0 radical (unpaired) electrons. The van der Waals surface area contributed by atoms with E-state index in [-0.39, 0.29) is 36.0 Å². The number of piperidine rings is 1. The minimum absolute atomic E-state index is 0.0521. The van der Waals surface area contributed by atoms with Crippen molar-refractivity contribution >= 4 is 11.8 Å². The van der Waals surface area contributed by atoms with Gasteiger partial charge in [-0.25, -0.2) is 0 Å². The SMILES string of the molecule is COCC1CCCN1C(=O)CCC1CNC(=O)C2C(CCN2C2CCN(C)CC2)N1C. The number of nitrogens with zero attached hydrogens (tertiary/aromatic N) is 4. The quantitative estimate of drug-likeness (QED) is 0.650. The van der Waals surface area contributed by atoms with Crippen molar-refractivity contribution in [1.29, 1.82) is 0 Å². The summed E-state index contributed by atoms with van der Waals surface area (Å²) < 4.78 is 5.30. The maximum atomic E-state index is 13.1. The summed E-state index contributed by atoms with van der Waals surface area (Å²) in [6.07, 6.45) is 6.77. The van der Waals surface area contributed by atoms with Gasteiger partial charge in [-0.1, -0.05) is 0 Å². The third kappa shape index (κ3) is 4.92. The highest BCUT2D eigenvalue weighted by Crippen LogP contribution is 2.31. The summed E-state index contributed by atoms with van der Waals surface area (Å²) in [5.74, 6) is 0.418. The number of nitrogens with one attached hydrogen (secondary N) is 1. The standard InChI is InChI=1S/C23H41N5O3/c1-25-12-8-17(9-13-25)28-14-10-20-22(28)23(30)24-15-18(26(20)2)6-7-21(29)27-11-4-5-19(27)16-31-3/h17-20,22H,4-16H2,1-3H3,(H,24,30). The molecule has 0 aliphatic carbocycles. The molecule has 2 amide bonds. The fourth-order valence-corrected chi connectivity index (χ4v) is 6.29. The number of carbonyl (C=O) groups excluding carboxylic acids is 2. The van der Waals surface area contributed by atoms with E-state index in [2.05, 4.69) is 34.1 Å². The summed E-state index contributed by atoms with van der Waals surface area (Å²) in [5, 5.41) is 3.22. The normalized spacial score (nSPS) is 34.0. The maximum Gasteiger partial charge on any atom is 0.239 e. The monoisotopic (exact) mass is 435 g/mol. The number of carbonyl (C=O) groups is 2. The Bertz CT molecular complexity index is 639. The number of rotatable bonds is 6. The number of hydrogen-bond acceptors (Lipinski definition) is 6. The van der Waals surface area contributed by atoms with Crippen LogP contribution in [0.5, 0.6) is 0 Å². The molecule has 8 nitrogen and oxygen atoms in total. The van der Waals surface area contributed by atoms with E-state index in [4.69, 9.17) is 4.74 Å². The van der Waals surface area contributed by atoms with Gasteiger partial charge in [0.1, 0.15) is 6.04 Å². The van der Waals surface area contributed by atoms with Crippen LogP contribution in [0.1, 0.15) is 44.9 Å². The van der Waals surface area contributed by atoms with E-state index in [1.807, 2.05) is 4.90 Å². The number of fused-ring (bicyclic) bond motifs is 1. The van der Waals surface area contributed by atoms with Crippen molar-refractivity contribution in [3.8, 4) is 0 Å². The van der Waals surface area contributed by atoms with Gasteiger partial charge in [-0.2, -0.15) is 0 Å². The Hall–Kier alpha value is -1.22. The van der Waals surface area contributed by atoms with Gasteiger partial charge in [-0.15, -0.1) is 0 Å². The molecule has 0 aromatic heterocycles. The molecule has 4 aliphatic rings. The number of ether oxygens (including phenoxy) is 1. The summed E-state index contributed by atoms with van der Waals surface area (Å²) >= 11 is 0. The zero-order chi connectivity index (χ0) is 22.0. The number of likely N-dealkylation sites (tertiary alicyclic amines) is 3. The highest BCUT2D eigenvalue weighted by Gasteiger charge is 2.47. The molecule has 4 heterocycles. The Labute approximate surface area is 187 Å². The lowest BCUT2D eigenvalue weighted by Crippen LogP contribution is -2.54. The molecule has 0 saturated carbocycles. The van der Waals surface area contributed by atoms with Gasteiger partial charge in [0.05, 0.1) is 12.6 Å². The number of amides is 2. The maximum absolute atomic E-state index is 13.1. The van der Waals surface area contributed by atoms with Crippen molar-refractivity contribution in [2.45, 2.75) is 75.2 Å². The zero-order valence-electron chi connectivity index (χ0n) is 19.6. The van der Waals surface area contributed by atoms with E-state index in [0.717, 1.165) is 64.7 Å². The molecule has 1 N–H and O–H groups in total. The molecule has 4 saturated heterocycles. The minimum Gasteiger partial charge on any atom is -0.383 e. The summed E-state index contributed by atoms with van der Waals surface area (Å²) in [6, 6.07) is 1.14. The average molecular weight is 436 g/mol. The van der Waals surface area contributed by atoms with E-state index < -0.39 is 0 Å². The second kappa shape index (κ2) is 10.1. The largest absolute Gasteiger partial charge is 0.383 e. The van der Waals surface area contributed by atoms with Crippen molar-refractivity contribution < 1.29 is 14.3 Å². The van der Waals surface area contributed by atoms with Crippen molar-refractivity contribution in [3.63, 3.8) is 0 Å². The molecular formula is C23H41N5O3. The summed E-state index contributed by atoms with van der Waals surface area (Å²) in [6.45, 7) is 5.34. The zero-order valence-corrected chi connectivity index (χ0v) is 19.6. The Morgan fingerprint density at radius 2 is 1.84 bits per heavy atom. The van der Waals surface area contributed by atoms with Crippen LogP contribution < -0.4 is 5.32 Å². The topological polar surface area (TPSA) is 68.4 Å². The third-order valence-electron chi connectivity index (χ3n) is 8.19. The van der Waals surface area contributed by atoms with Crippen LogP contribution in [0.4, 0.5) is 0 Å². The lowest BCUT2D eigenvalue weighted by molar-refractivity contribution is -0.133. The van der Waals surface area contributed by atoms with Gasteiger partial charge in [-0.05, 0) is 65.7 Å². The highest BCUT2D eigenvalue weighted by atomic mass is 16.5. The molecule has 176 valence electrons. The molecule has 0 spiro atoms. The van der Waals surface area contributed by atoms with E-state index in [1.165, 1.54) is 0 Å². The van der Waals surface area contributed by atoms with E-state index in [0.29, 0.717) is 25.6 Å². The van der Waals surface area contributed by atoms with Crippen LogP contribution >= 0.6 is 0 Å². The minimum atomic E-state index is -0.0521. The van der Waals surface area contributed by atoms with Crippen molar-refractivity contribution in [1.82, 2.24) is 24.9 Å². The molecule has 4 rings (SSSR count). The van der Waals surface area contributed by atoms with Crippen molar-refractivity contribution in [2.75, 3.05) is 60.5 Å². The average Bonchev–Trinajstić information content (AvgIpc) is 3.39. The molecule has 8 heteroatoms. The predicted molar refractivity (Wildman–Crippen MR) is 120 cm³/mol. The predicted octanol–water partition coefficient (Wildman–Crippen LogP) is 0.371. The highest BCUT2D eigenvalue weighted by molar-refractivity contribution is 5.83. The molecule has 31 heavy (non-hydrogen) atoms. The Balaban J connectivity index is 1.35. The molecule has 4 atom stereocenters. The van der Waals surface area contributed by atoms with Crippen LogP contribution in [0.3, 0.4) is 0 Å². The van der Waals surface area contributed by atoms with Crippen LogP contribution in [0.25, 0.3) is 0 Å². The van der Waals surface area contributed by atoms with E-state index >= 15 is 0 Å². The van der Waals surface area contributed by atoms with Gasteiger partial charge in [-0.3, -0.25) is 19.4 Å². The fourth-order valence-electron chi connectivity index (χ4n) is 6.29. The van der Waals surface area contributed by atoms with Crippen LogP contribution in [0.2, 0.25) is 0 Å². The van der Waals surface area contributed by atoms with Crippen molar-refractivity contribution in [2.24, 2.45) is 0 Å².